The Kier molecular flexibility index (Phi) is 5.33. The largest absolute Gasteiger partial charge is 0.464 e. The van der Waals surface area contributed by atoms with Crippen molar-refractivity contribution < 1.29 is 14.3 Å². The molecule has 1 amide bonds. The zero-order valence-corrected chi connectivity index (χ0v) is 11.7. The Morgan fingerprint density at radius 3 is 2.82 bits per heavy atom. The Morgan fingerprint density at radius 1 is 1.53 bits per heavy atom. The normalized spacial score (nSPS) is 11.7. The molecule has 0 saturated heterocycles. The predicted molar refractivity (Wildman–Crippen MR) is 70.5 cm³/mol. The first-order chi connectivity index (χ1) is 8.04. The number of hydrogen-bond acceptors (Lipinski definition) is 4. The van der Waals surface area contributed by atoms with Crippen LogP contribution in [0.1, 0.15) is 24.2 Å². The van der Waals surface area contributed by atoms with Gasteiger partial charge in [0.2, 0.25) is 0 Å². The molecular weight excluding hydrogens is 335 g/mol. The van der Waals surface area contributed by atoms with Gasteiger partial charge in [-0.15, -0.1) is 0 Å². The second-order valence-corrected chi connectivity index (χ2v) is 4.58. The maximum atomic E-state index is 11.8. The minimum atomic E-state index is -0.666. The molecule has 92 valence electrons. The van der Waals surface area contributed by atoms with Crippen LogP contribution in [0.5, 0.6) is 0 Å². The van der Waals surface area contributed by atoms with E-state index in [9.17, 15) is 9.59 Å². The van der Waals surface area contributed by atoms with Crippen LogP contribution in [0.15, 0.2) is 18.5 Å². The summed E-state index contributed by atoms with van der Waals surface area (Å²) in [6.45, 7) is 3.59. The molecule has 5 nitrogen and oxygen atoms in total. The second-order valence-electron chi connectivity index (χ2n) is 3.34. The van der Waals surface area contributed by atoms with Crippen molar-refractivity contribution in [3.8, 4) is 0 Å². The Morgan fingerprint density at radius 2 is 2.24 bits per heavy atom. The van der Waals surface area contributed by atoms with Crippen LogP contribution in [0, 0.1) is 3.57 Å². The molecule has 0 saturated carbocycles. The standard InChI is InChI=1S/C11H13IN2O3/c1-3-17-11(16)7(2)14-10(15)8-4-9(12)6-13-5-8/h4-7H,3H2,1-2H3,(H,14,15)/t7-/m1/s1. The number of nitrogens with zero attached hydrogens (tertiary/aromatic N) is 1. The molecule has 17 heavy (non-hydrogen) atoms. The summed E-state index contributed by atoms with van der Waals surface area (Å²) in [6, 6.07) is 1.03. The maximum absolute atomic E-state index is 11.8. The fraction of sp³-hybridized carbons (Fsp3) is 0.364. The third-order valence-electron chi connectivity index (χ3n) is 1.95. The minimum Gasteiger partial charge on any atom is -0.464 e. The van der Waals surface area contributed by atoms with Crippen LogP contribution < -0.4 is 5.32 Å². The zero-order chi connectivity index (χ0) is 12.8. The van der Waals surface area contributed by atoms with Gasteiger partial charge in [-0.05, 0) is 42.5 Å². The first-order valence-corrected chi connectivity index (χ1v) is 6.20. The van der Waals surface area contributed by atoms with Gasteiger partial charge >= 0.3 is 5.97 Å². The molecule has 0 radical (unpaired) electrons. The van der Waals surface area contributed by atoms with Crippen LogP contribution in [-0.2, 0) is 9.53 Å². The van der Waals surface area contributed by atoms with Crippen molar-refractivity contribution in [2.45, 2.75) is 19.9 Å². The molecule has 0 spiro atoms. The Balaban J connectivity index is 2.63. The van der Waals surface area contributed by atoms with Gasteiger partial charge in [0.1, 0.15) is 6.04 Å². The van der Waals surface area contributed by atoms with Gasteiger partial charge < -0.3 is 10.1 Å². The van der Waals surface area contributed by atoms with Gasteiger partial charge in [-0.25, -0.2) is 4.79 Å². The summed E-state index contributed by atoms with van der Waals surface area (Å²) < 4.78 is 5.65. The highest BCUT2D eigenvalue weighted by Crippen LogP contribution is 2.05. The number of carbonyl (C=O) groups is 2. The third-order valence-corrected chi connectivity index (χ3v) is 2.54. The molecule has 0 aliphatic rings. The van der Waals surface area contributed by atoms with Gasteiger partial charge in [0, 0.05) is 16.0 Å². The number of halogens is 1. The Labute approximate surface area is 113 Å². The van der Waals surface area contributed by atoms with Crippen LogP contribution in [0.4, 0.5) is 0 Å². The van der Waals surface area contributed by atoms with E-state index in [0.29, 0.717) is 12.2 Å². The van der Waals surface area contributed by atoms with Crippen LogP contribution >= 0.6 is 22.6 Å². The van der Waals surface area contributed by atoms with Gasteiger partial charge in [0.05, 0.1) is 12.2 Å². The monoisotopic (exact) mass is 348 g/mol. The predicted octanol–water partition coefficient (Wildman–Crippen LogP) is 1.37. The minimum absolute atomic E-state index is 0.295. The molecule has 0 aliphatic heterocycles. The molecule has 6 heteroatoms. The number of ether oxygens (including phenoxy) is 1. The van der Waals surface area contributed by atoms with Crippen molar-refractivity contribution in [2.75, 3.05) is 6.61 Å². The summed E-state index contributed by atoms with van der Waals surface area (Å²) in [5.41, 5.74) is 0.424. The van der Waals surface area contributed by atoms with Gasteiger partial charge in [-0.2, -0.15) is 0 Å². The molecule has 1 heterocycles. The van der Waals surface area contributed by atoms with Gasteiger partial charge in [-0.1, -0.05) is 0 Å². The third kappa shape index (κ3) is 4.29. The van der Waals surface area contributed by atoms with Crippen molar-refractivity contribution in [3.05, 3.63) is 27.6 Å². The quantitative estimate of drug-likeness (QED) is 0.659. The lowest BCUT2D eigenvalue weighted by atomic mass is 10.2. The highest BCUT2D eigenvalue weighted by molar-refractivity contribution is 14.1. The molecule has 1 aromatic rings. The number of hydrogen-bond donors (Lipinski definition) is 1. The summed E-state index contributed by atoms with van der Waals surface area (Å²) >= 11 is 2.07. The molecule has 1 aromatic heterocycles. The molecule has 1 atom stereocenters. The zero-order valence-electron chi connectivity index (χ0n) is 9.57. The summed E-state index contributed by atoms with van der Waals surface area (Å²) in [7, 11) is 0. The first kappa shape index (κ1) is 13.9. The molecule has 0 unspecified atom stereocenters. The molecule has 1 rings (SSSR count). The van der Waals surface area contributed by atoms with Gasteiger partial charge in [0.15, 0.2) is 0 Å². The smallest absolute Gasteiger partial charge is 0.328 e. The van der Waals surface area contributed by atoms with E-state index in [1.54, 1.807) is 26.1 Å². The lowest BCUT2D eigenvalue weighted by molar-refractivity contribution is -0.144. The van der Waals surface area contributed by atoms with Gasteiger partial charge in [-0.3, -0.25) is 9.78 Å². The molecule has 0 bridgehead atoms. The van der Waals surface area contributed by atoms with Crippen molar-refractivity contribution in [1.29, 1.82) is 0 Å². The number of amides is 1. The number of pyridine rings is 1. The fourth-order valence-corrected chi connectivity index (χ4v) is 1.64. The first-order valence-electron chi connectivity index (χ1n) is 5.12. The van der Waals surface area contributed by atoms with Crippen LogP contribution in [0.25, 0.3) is 0 Å². The lowest BCUT2D eigenvalue weighted by Gasteiger charge is -2.12. The van der Waals surface area contributed by atoms with Crippen molar-refractivity contribution >= 4 is 34.5 Å². The summed E-state index contributed by atoms with van der Waals surface area (Å²) in [5.74, 6) is -0.781. The fourth-order valence-electron chi connectivity index (χ4n) is 1.14. The Bertz CT molecular complexity index is 423. The highest BCUT2D eigenvalue weighted by atomic mass is 127. The van der Waals surface area contributed by atoms with Crippen molar-refractivity contribution in [1.82, 2.24) is 10.3 Å². The van der Waals surface area contributed by atoms with E-state index in [1.807, 2.05) is 0 Å². The van der Waals surface area contributed by atoms with E-state index in [0.717, 1.165) is 3.57 Å². The number of nitrogens with one attached hydrogen (secondary N) is 1. The second kappa shape index (κ2) is 6.53. The highest BCUT2D eigenvalue weighted by Gasteiger charge is 2.17. The number of esters is 1. The van der Waals surface area contributed by atoms with E-state index < -0.39 is 12.0 Å². The van der Waals surface area contributed by atoms with Crippen LogP contribution in [-0.4, -0.2) is 29.5 Å². The maximum Gasteiger partial charge on any atom is 0.328 e. The Hall–Kier alpha value is -1.18. The molecule has 0 fully saturated rings. The summed E-state index contributed by atoms with van der Waals surface area (Å²) in [5, 5.41) is 2.55. The molecule has 0 aliphatic carbocycles. The molecule has 0 aromatic carbocycles. The van der Waals surface area contributed by atoms with Crippen LogP contribution in [0.2, 0.25) is 0 Å². The summed E-state index contributed by atoms with van der Waals surface area (Å²) in [6.07, 6.45) is 3.10. The SMILES string of the molecule is CCOC(=O)[C@@H](C)NC(=O)c1cncc(I)c1. The molecule has 1 N–H and O–H groups in total. The van der Waals surface area contributed by atoms with E-state index >= 15 is 0 Å². The van der Waals surface area contributed by atoms with E-state index in [-0.39, 0.29) is 5.91 Å². The van der Waals surface area contributed by atoms with E-state index in [2.05, 4.69) is 32.9 Å². The molecular formula is C11H13IN2O3. The average Bonchev–Trinajstić information content (AvgIpc) is 2.29. The van der Waals surface area contributed by atoms with E-state index in [4.69, 9.17) is 4.74 Å². The van der Waals surface area contributed by atoms with Crippen molar-refractivity contribution in [3.63, 3.8) is 0 Å². The van der Waals surface area contributed by atoms with Crippen LogP contribution in [0.3, 0.4) is 0 Å². The number of aromatic nitrogens is 1. The number of rotatable bonds is 4. The lowest BCUT2D eigenvalue weighted by Crippen LogP contribution is -2.39. The average molecular weight is 348 g/mol. The van der Waals surface area contributed by atoms with E-state index in [1.165, 1.54) is 6.20 Å². The van der Waals surface area contributed by atoms with Gasteiger partial charge in [0.25, 0.3) is 5.91 Å². The number of carbonyl (C=O) groups excluding carboxylic acids is 2. The van der Waals surface area contributed by atoms with Crippen molar-refractivity contribution in [2.24, 2.45) is 0 Å². The summed E-state index contributed by atoms with van der Waals surface area (Å²) in [4.78, 5) is 27.0. The topological polar surface area (TPSA) is 68.3 Å².